The number of aromatic carboxylic acids is 1. The molecule has 0 atom stereocenters. The van der Waals surface area contributed by atoms with Gasteiger partial charge in [-0.15, -0.1) is 0 Å². The van der Waals surface area contributed by atoms with Crippen molar-refractivity contribution in [2.75, 3.05) is 0 Å². The number of hydrogen-bond acceptors (Lipinski definition) is 4. The summed E-state index contributed by atoms with van der Waals surface area (Å²) in [7, 11) is 0. The minimum absolute atomic E-state index is 0.0684. The van der Waals surface area contributed by atoms with E-state index in [1.807, 2.05) is 31.3 Å². The number of benzene rings is 1. The summed E-state index contributed by atoms with van der Waals surface area (Å²) in [5.41, 5.74) is 4.02. The molecule has 8 nitrogen and oxygen atoms in total. The van der Waals surface area contributed by atoms with Crippen molar-refractivity contribution in [1.29, 1.82) is 0 Å². The van der Waals surface area contributed by atoms with Crippen LogP contribution in [0.15, 0.2) is 55.2 Å². The van der Waals surface area contributed by atoms with Gasteiger partial charge < -0.3 is 10.4 Å². The fourth-order valence-electron chi connectivity index (χ4n) is 3.41. The van der Waals surface area contributed by atoms with Crippen LogP contribution in [0.25, 0.3) is 22.7 Å². The zero-order valence-corrected chi connectivity index (χ0v) is 16.2. The van der Waals surface area contributed by atoms with Gasteiger partial charge in [0.2, 0.25) is 0 Å². The molecule has 0 unspecified atom stereocenters. The maximum Gasteiger partial charge on any atom is 0.337 e. The average molecular weight is 401 g/mol. The second-order valence-corrected chi connectivity index (χ2v) is 7.51. The van der Waals surface area contributed by atoms with Crippen molar-refractivity contribution < 1.29 is 14.7 Å². The minimum atomic E-state index is -1.00. The SMILES string of the molecule is Cc1ccc(C(=O)NC2CC2)cc1-c1cn(-c2cnc3ccc(C(=O)O)cn23)cn1. The van der Waals surface area contributed by atoms with E-state index in [9.17, 15) is 14.7 Å². The predicted molar refractivity (Wildman–Crippen MR) is 110 cm³/mol. The second-order valence-electron chi connectivity index (χ2n) is 7.51. The summed E-state index contributed by atoms with van der Waals surface area (Å²) in [5, 5.41) is 12.3. The number of amides is 1. The molecule has 3 aromatic heterocycles. The Bertz CT molecular complexity index is 1300. The van der Waals surface area contributed by atoms with Gasteiger partial charge >= 0.3 is 5.97 Å². The lowest BCUT2D eigenvalue weighted by Gasteiger charge is -2.08. The van der Waals surface area contributed by atoms with Crippen LogP contribution in [0.3, 0.4) is 0 Å². The number of carboxylic acids is 1. The number of imidazole rings is 2. The molecule has 1 aromatic carbocycles. The van der Waals surface area contributed by atoms with Gasteiger partial charge in [0.25, 0.3) is 5.91 Å². The Morgan fingerprint density at radius 3 is 2.67 bits per heavy atom. The number of nitrogens with one attached hydrogen (secondary N) is 1. The molecule has 0 aliphatic heterocycles. The first-order chi connectivity index (χ1) is 14.5. The largest absolute Gasteiger partial charge is 0.478 e. The average Bonchev–Trinajstić information content (AvgIpc) is 3.25. The van der Waals surface area contributed by atoms with Gasteiger partial charge in [-0.1, -0.05) is 6.07 Å². The molecular formula is C22H19N5O3. The summed E-state index contributed by atoms with van der Waals surface area (Å²) in [6.45, 7) is 1.98. The van der Waals surface area contributed by atoms with E-state index in [1.54, 1.807) is 27.6 Å². The Hall–Kier alpha value is -3.94. The molecule has 1 aliphatic rings. The standard InChI is InChI=1S/C22H19N5O3/c1-13-2-3-14(21(28)25-16-5-6-16)8-17(13)18-11-26(12-24-18)20-9-23-19-7-4-15(22(29)30)10-27(19)20/h2-4,7-12,16H,5-6H2,1H3,(H,25,28)(H,29,30). The van der Waals surface area contributed by atoms with Crippen molar-refractivity contribution in [2.24, 2.45) is 0 Å². The molecule has 0 radical (unpaired) electrons. The quantitative estimate of drug-likeness (QED) is 0.535. The molecule has 8 heteroatoms. The number of carboxylic acid groups (broad SMARTS) is 1. The molecule has 1 amide bonds. The lowest BCUT2D eigenvalue weighted by Crippen LogP contribution is -2.25. The first-order valence-corrected chi connectivity index (χ1v) is 9.66. The second kappa shape index (κ2) is 6.84. The van der Waals surface area contributed by atoms with E-state index < -0.39 is 5.97 Å². The highest BCUT2D eigenvalue weighted by Gasteiger charge is 2.24. The van der Waals surface area contributed by atoms with Gasteiger partial charge in [-0.25, -0.2) is 14.8 Å². The molecule has 150 valence electrons. The van der Waals surface area contributed by atoms with Crippen LogP contribution < -0.4 is 5.32 Å². The van der Waals surface area contributed by atoms with E-state index in [0.717, 1.165) is 29.7 Å². The van der Waals surface area contributed by atoms with Crippen molar-refractivity contribution >= 4 is 17.5 Å². The van der Waals surface area contributed by atoms with Crippen LogP contribution >= 0.6 is 0 Å². The Balaban J connectivity index is 1.51. The first-order valence-electron chi connectivity index (χ1n) is 9.66. The van der Waals surface area contributed by atoms with Gasteiger partial charge in [-0.3, -0.25) is 13.8 Å². The molecule has 2 N–H and O–H groups in total. The number of hydrogen-bond donors (Lipinski definition) is 2. The van der Waals surface area contributed by atoms with Crippen LogP contribution in [0.2, 0.25) is 0 Å². The van der Waals surface area contributed by atoms with Crippen molar-refractivity contribution in [3.8, 4) is 17.1 Å². The molecular weight excluding hydrogens is 382 g/mol. The lowest BCUT2D eigenvalue weighted by molar-refractivity contribution is 0.0696. The summed E-state index contributed by atoms with van der Waals surface area (Å²) in [6, 6.07) is 9.09. The smallest absolute Gasteiger partial charge is 0.337 e. The van der Waals surface area contributed by atoms with E-state index in [1.165, 1.54) is 12.3 Å². The third-order valence-electron chi connectivity index (χ3n) is 5.27. The summed E-state index contributed by atoms with van der Waals surface area (Å²) in [6.07, 6.45) is 8.78. The number of nitrogens with zero attached hydrogens (tertiary/aromatic N) is 4. The summed E-state index contributed by atoms with van der Waals surface area (Å²) >= 11 is 0. The monoisotopic (exact) mass is 401 g/mol. The maximum atomic E-state index is 12.4. The van der Waals surface area contributed by atoms with Gasteiger partial charge in [0.15, 0.2) is 0 Å². The molecule has 1 saturated carbocycles. The van der Waals surface area contributed by atoms with E-state index in [-0.39, 0.29) is 11.5 Å². The Labute approximate surface area is 171 Å². The fourth-order valence-corrected chi connectivity index (χ4v) is 3.41. The van der Waals surface area contributed by atoms with Crippen molar-refractivity contribution in [1.82, 2.24) is 24.3 Å². The third kappa shape index (κ3) is 3.22. The number of carbonyl (C=O) groups is 2. The van der Waals surface area contributed by atoms with E-state index in [2.05, 4.69) is 15.3 Å². The molecule has 3 heterocycles. The molecule has 4 aromatic rings. The van der Waals surface area contributed by atoms with E-state index in [4.69, 9.17) is 0 Å². The normalized spacial score (nSPS) is 13.5. The number of rotatable bonds is 5. The molecule has 1 fully saturated rings. The van der Waals surface area contributed by atoms with Crippen molar-refractivity contribution in [2.45, 2.75) is 25.8 Å². The fraction of sp³-hybridized carbons (Fsp3) is 0.182. The highest BCUT2D eigenvalue weighted by molar-refractivity contribution is 5.96. The van der Waals surface area contributed by atoms with Crippen LogP contribution in [0.5, 0.6) is 0 Å². The molecule has 0 saturated heterocycles. The Morgan fingerprint density at radius 1 is 1.10 bits per heavy atom. The van der Waals surface area contributed by atoms with Crippen LogP contribution in [0.4, 0.5) is 0 Å². The van der Waals surface area contributed by atoms with Crippen molar-refractivity contribution in [3.05, 3.63) is 71.9 Å². The topological polar surface area (TPSA) is 102 Å². The number of pyridine rings is 1. The molecule has 1 aliphatic carbocycles. The Kier molecular flexibility index (Phi) is 4.13. The molecule has 0 spiro atoms. The van der Waals surface area contributed by atoms with Crippen LogP contribution in [0.1, 0.15) is 39.1 Å². The third-order valence-corrected chi connectivity index (χ3v) is 5.27. The van der Waals surface area contributed by atoms with Gasteiger partial charge in [-0.2, -0.15) is 0 Å². The highest BCUT2D eigenvalue weighted by Crippen LogP contribution is 2.26. The zero-order valence-electron chi connectivity index (χ0n) is 16.2. The first kappa shape index (κ1) is 18.1. The lowest BCUT2D eigenvalue weighted by atomic mass is 10.0. The van der Waals surface area contributed by atoms with Gasteiger partial charge in [0, 0.05) is 29.6 Å². The van der Waals surface area contributed by atoms with Gasteiger partial charge in [0.1, 0.15) is 17.8 Å². The summed E-state index contributed by atoms with van der Waals surface area (Å²) in [5.74, 6) is -0.395. The van der Waals surface area contributed by atoms with Crippen LogP contribution in [0, 0.1) is 6.92 Å². The summed E-state index contributed by atoms with van der Waals surface area (Å²) in [4.78, 5) is 32.6. The summed E-state index contributed by atoms with van der Waals surface area (Å²) < 4.78 is 3.50. The zero-order chi connectivity index (χ0) is 20.8. The molecule has 30 heavy (non-hydrogen) atoms. The number of aryl methyl sites for hydroxylation is 1. The molecule has 0 bridgehead atoms. The van der Waals surface area contributed by atoms with Gasteiger partial charge in [0.05, 0.1) is 17.5 Å². The van der Waals surface area contributed by atoms with E-state index >= 15 is 0 Å². The number of aromatic nitrogens is 4. The number of fused-ring (bicyclic) bond motifs is 1. The van der Waals surface area contributed by atoms with E-state index in [0.29, 0.717) is 23.1 Å². The van der Waals surface area contributed by atoms with Gasteiger partial charge in [-0.05, 0) is 49.6 Å². The van der Waals surface area contributed by atoms with Crippen molar-refractivity contribution in [3.63, 3.8) is 0 Å². The minimum Gasteiger partial charge on any atom is -0.478 e. The number of carbonyl (C=O) groups excluding carboxylic acids is 1. The highest BCUT2D eigenvalue weighted by atomic mass is 16.4. The predicted octanol–water partition coefficient (Wildman–Crippen LogP) is 3.09. The van der Waals surface area contributed by atoms with Crippen LogP contribution in [-0.2, 0) is 0 Å². The maximum absolute atomic E-state index is 12.4. The molecule has 5 rings (SSSR count). The Morgan fingerprint density at radius 2 is 1.90 bits per heavy atom. The van der Waals surface area contributed by atoms with Crippen LogP contribution in [-0.4, -0.2) is 42.0 Å².